The summed E-state index contributed by atoms with van der Waals surface area (Å²) in [5.74, 6) is 1.44. The van der Waals surface area contributed by atoms with Gasteiger partial charge in [-0.2, -0.15) is 0 Å². The van der Waals surface area contributed by atoms with Crippen molar-refractivity contribution in [2.45, 2.75) is 25.8 Å². The van der Waals surface area contributed by atoms with Gasteiger partial charge in [0.15, 0.2) is 5.78 Å². The fourth-order valence-electron chi connectivity index (χ4n) is 2.37. The van der Waals surface area contributed by atoms with E-state index in [1.807, 2.05) is 31.2 Å². The second kappa shape index (κ2) is 7.74. The molecule has 0 saturated carbocycles. The fourth-order valence-corrected chi connectivity index (χ4v) is 2.37. The van der Waals surface area contributed by atoms with Gasteiger partial charge in [0.2, 0.25) is 0 Å². The van der Waals surface area contributed by atoms with Crippen LogP contribution in [0.1, 0.15) is 40.9 Å². The second-order valence-electron chi connectivity index (χ2n) is 5.43. The van der Waals surface area contributed by atoms with Crippen molar-refractivity contribution in [3.8, 4) is 11.5 Å². The predicted molar refractivity (Wildman–Crippen MR) is 89.0 cm³/mol. The van der Waals surface area contributed by atoms with E-state index in [2.05, 4.69) is 4.98 Å². The van der Waals surface area contributed by atoms with E-state index in [1.165, 1.54) is 0 Å². The number of ether oxygens (including phenoxy) is 2. The predicted octanol–water partition coefficient (Wildman–Crippen LogP) is 2.93. The summed E-state index contributed by atoms with van der Waals surface area (Å²) >= 11 is 0. The third kappa shape index (κ3) is 4.29. The molecule has 0 spiro atoms. The van der Waals surface area contributed by atoms with E-state index in [9.17, 15) is 4.79 Å². The van der Waals surface area contributed by atoms with Crippen LogP contribution in [0.2, 0.25) is 0 Å². The van der Waals surface area contributed by atoms with E-state index in [4.69, 9.17) is 15.2 Å². The van der Waals surface area contributed by atoms with Gasteiger partial charge in [0.05, 0.1) is 14.2 Å². The third-order valence-corrected chi connectivity index (χ3v) is 3.78. The van der Waals surface area contributed by atoms with Crippen molar-refractivity contribution in [1.82, 2.24) is 4.98 Å². The summed E-state index contributed by atoms with van der Waals surface area (Å²) in [5.41, 5.74) is 7.95. The summed E-state index contributed by atoms with van der Waals surface area (Å²) in [4.78, 5) is 16.6. The Balaban J connectivity index is 2.17. The monoisotopic (exact) mass is 314 g/mol. The van der Waals surface area contributed by atoms with Crippen molar-refractivity contribution >= 4 is 5.78 Å². The summed E-state index contributed by atoms with van der Waals surface area (Å²) in [6.45, 7) is 2.39. The maximum absolute atomic E-state index is 12.4. The molecule has 2 rings (SSSR count). The van der Waals surface area contributed by atoms with Crippen LogP contribution in [0.15, 0.2) is 36.5 Å². The van der Waals surface area contributed by atoms with Crippen LogP contribution in [-0.2, 0) is 6.54 Å². The molecule has 1 heterocycles. The number of hydrogen-bond acceptors (Lipinski definition) is 5. The van der Waals surface area contributed by atoms with E-state index in [0.717, 1.165) is 11.1 Å². The number of nitrogens with two attached hydrogens (primary N) is 1. The normalized spacial score (nSPS) is 11.8. The molecule has 0 saturated heterocycles. The first kappa shape index (κ1) is 17.0. The van der Waals surface area contributed by atoms with E-state index in [1.54, 1.807) is 26.5 Å². The standard InChI is InChI=1S/C18H22N2O3/c1-12(14-8-15(22-2)10-16(9-14)23-3)6-18(21)17-7-13(11-19)4-5-20-17/h4-5,7-10,12H,6,11,19H2,1-3H3. The Hall–Kier alpha value is -2.40. The number of nitrogens with zero attached hydrogens (tertiary/aromatic N) is 1. The molecule has 0 aliphatic carbocycles. The Morgan fingerprint density at radius 3 is 2.39 bits per heavy atom. The molecule has 1 aromatic carbocycles. The van der Waals surface area contributed by atoms with Gasteiger partial charge in [-0.05, 0) is 41.3 Å². The molecule has 1 unspecified atom stereocenters. The summed E-state index contributed by atoms with van der Waals surface area (Å²) in [6, 6.07) is 9.22. The lowest BCUT2D eigenvalue weighted by molar-refractivity contribution is 0.0970. The highest BCUT2D eigenvalue weighted by atomic mass is 16.5. The molecule has 1 aromatic heterocycles. The van der Waals surface area contributed by atoms with Crippen LogP contribution in [0.25, 0.3) is 0 Å². The number of rotatable bonds is 7. The second-order valence-corrected chi connectivity index (χ2v) is 5.43. The van der Waals surface area contributed by atoms with Crippen LogP contribution in [0.3, 0.4) is 0 Å². The quantitative estimate of drug-likeness (QED) is 0.795. The van der Waals surface area contributed by atoms with Crippen LogP contribution in [-0.4, -0.2) is 25.0 Å². The number of pyridine rings is 1. The molecule has 23 heavy (non-hydrogen) atoms. The van der Waals surface area contributed by atoms with Crippen LogP contribution in [0.5, 0.6) is 11.5 Å². The molecule has 0 radical (unpaired) electrons. The lowest BCUT2D eigenvalue weighted by atomic mass is 9.94. The molecular formula is C18H22N2O3. The van der Waals surface area contributed by atoms with Crippen molar-refractivity contribution in [1.29, 1.82) is 0 Å². The number of carbonyl (C=O) groups is 1. The fraction of sp³-hybridized carbons (Fsp3) is 0.333. The number of ketones is 1. The summed E-state index contributed by atoms with van der Waals surface area (Å²) in [5, 5.41) is 0. The Kier molecular flexibility index (Phi) is 5.71. The van der Waals surface area contributed by atoms with Gasteiger partial charge in [0.25, 0.3) is 0 Å². The molecule has 122 valence electrons. The van der Waals surface area contributed by atoms with Gasteiger partial charge in [0, 0.05) is 25.2 Å². The average molecular weight is 314 g/mol. The summed E-state index contributed by atoms with van der Waals surface area (Å²) < 4.78 is 10.6. The molecule has 0 amide bonds. The Morgan fingerprint density at radius 2 is 1.83 bits per heavy atom. The number of carbonyl (C=O) groups excluding carboxylic acids is 1. The Labute approximate surface area is 136 Å². The van der Waals surface area contributed by atoms with Gasteiger partial charge in [-0.3, -0.25) is 9.78 Å². The SMILES string of the molecule is COc1cc(OC)cc(C(C)CC(=O)c2cc(CN)ccn2)c1. The first-order valence-electron chi connectivity index (χ1n) is 7.48. The average Bonchev–Trinajstić information content (AvgIpc) is 2.60. The molecule has 0 aliphatic rings. The molecule has 0 bridgehead atoms. The number of methoxy groups -OCH3 is 2. The highest BCUT2D eigenvalue weighted by Crippen LogP contribution is 2.29. The lowest BCUT2D eigenvalue weighted by Gasteiger charge is -2.14. The van der Waals surface area contributed by atoms with Gasteiger partial charge >= 0.3 is 0 Å². The van der Waals surface area contributed by atoms with Gasteiger partial charge in [-0.1, -0.05) is 6.92 Å². The zero-order chi connectivity index (χ0) is 16.8. The zero-order valence-electron chi connectivity index (χ0n) is 13.7. The molecule has 0 fully saturated rings. The van der Waals surface area contributed by atoms with Gasteiger partial charge in [-0.15, -0.1) is 0 Å². The molecular weight excluding hydrogens is 292 g/mol. The molecule has 0 aliphatic heterocycles. The summed E-state index contributed by atoms with van der Waals surface area (Å²) in [7, 11) is 3.22. The highest BCUT2D eigenvalue weighted by molar-refractivity contribution is 5.94. The van der Waals surface area contributed by atoms with Crippen LogP contribution < -0.4 is 15.2 Å². The number of benzene rings is 1. The maximum atomic E-state index is 12.4. The molecule has 5 heteroatoms. The third-order valence-electron chi connectivity index (χ3n) is 3.78. The van der Waals surface area contributed by atoms with E-state index in [0.29, 0.717) is 30.2 Å². The largest absolute Gasteiger partial charge is 0.497 e. The van der Waals surface area contributed by atoms with Gasteiger partial charge < -0.3 is 15.2 Å². The van der Waals surface area contributed by atoms with Crippen LogP contribution >= 0.6 is 0 Å². The zero-order valence-corrected chi connectivity index (χ0v) is 13.7. The van der Waals surface area contributed by atoms with Crippen molar-refractivity contribution in [2.75, 3.05) is 14.2 Å². The van der Waals surface area contributed by atoms with Crippen LogP contribution in [0.4, 0.5) is 0 Å². The van der Waals surface area contributed by atoms with Crippen molar-refractivity contribution in [3.05, 3.63) is 53.3 Å². The van der Waals surface area contributed by atoms with E-state index >= 15 is 0 Å². The Morgan fingerprint density at radius 1 is 1.17 bits per heavy atom. The molecule has 2 N–H and O–H groups in total. The first-order chi connectivity index (χ1) is 11.1. The molecule has 1 atom stereocenters. The number of aromatic nitrogens is 1. The smallest absolute Gasteiger partial charge is 0.181 e. The lowest BCUT2D eigenvalue weighted by Crippen LogP contribution is -2.08. The first-order valence-corrected chi connectivity index (χ1v) is 7.48. The minimum Gasteiger partial charge on any atom is -0.497 e. The summed E-state index contributed by atoms with van der Waals surface area (Å²) in [6.07, 6.45) is 1.98. The minimum atomic E-state index is -0.00501. The Bertz CT molecular complexity index is 663. The minimum absolute atomic E-state index is 0.00501. The van der Waals surface area contributed by atoms with Crippen molar-refractivity contribution < 1.29 is 14.3 Å². The maximum Gasteiger partial charge on any atom is 0.181 e. The molecule has 2 aromatic rings. The highest BCUT2D eigenvalue weighted by Gasteiger charge is 2.16. The van der Waals surface area contributed by atoms with Crippen LogP contribution in [0, 0.1) is 0 Å². The molecule has 5 nitrogen and oxygen atoms in total. The van der Waals surface area contributed by atoms with E-state index in [-0.39, 0.29) is 11.7 Å². The van der Waals surface area contributed by atoms with E-state index < -0.39 is 0 Å². The number of Topliss-reactive ketones (excluding diaryl/α,β-unsaturated/α-hetero) is 1. The van der Waals surface area contributed by atoms with Crippen molar-refractivity contribution in [2.24, 2.45) is 5.73 Å². The topological polar surface area (TPSA) is 74.4 Å². The van der Waals surface area contributed by atoms with Gasteiger partial charge in [0.1, 0.15) is 17.2 Å². The van der Waals surface area contributed by atoms with Crippen molar-refractivity contribution in [3.63, 3.8) is 0 Å². The van der Waals surface area contributed by atoms with Gasteiger partial charge in [-0.25, -0.2) is 0 Å². The number of hydrogen-bond donors (Lipinski definition) is 1.